The van der Waals surface area contributed by atoms with Gasteiger partial charge in [-0.05, 0) is 23.8 Å². The van der Waals surface area contributed by atoms with Crippen LogP contribution in [0, 0.1) is 11.8 Å². The van der Waals surface area contributed by atoms with Gasteiger partial charge in [0.25, 0.3) is 5.56 Å². The van der Waals surface area contributed by atoms with Gasteiger partial charge >= 0.3 is 6.18 Å². The van der Waals surface area contributed by atoms with Gasteiger partial charge in [0, 0.05) is 12.7 Å². The van der Waals surface area contributed by atoms with Gasteiger partial charge < -0.3 is 14.2 Å². The maximum absolute atomic E-state index is 13.3. The number of hydrogen-bond acceptors (Lipinski definition) is 5. The minimum Gasteiger partial charge on any atom is -0.382 e. The third-order valence-electron chi connectivity index (χ3n) is 4.72. The average molecular weight is 460 g/mol. The number of nitrogens with zero attached hydrogens (tertiary/aromatic N) is 2. The van der Waals surface area contributed by atoms with Crippen LogP contribution >= 0.6 is 0 Å². The molecule has 2 aromatic carbocycles. The van der Waals surface area contributed by atoms with Crippen molar-refractivity contribution in [3.63, 3.8) is 0 Å². The summed E-state index contributed by atoms with van der Waals surface area (Å²) in [7, 11) is 1.59. The summed E-state index contributed by atoms with van der Waals surface area (Å²) in [6.45, 7) is 1.64. The molecule has 0 N–H and O–H groups in total. The fourth-order valence-electron chi connectivity index (χ4n) is 3.15. The summed E-state index contributed by atoms with van der Waals surface area (Å²) in [6.07, 6.45) is -3.27. The smallest absolute Gasteiger partial charge is 0.382 e. The van der Waals surface area contributed by atoms with E-state index in [0.717, 1.165) is 10.6 Å². The monoisotopic (exact) mass is 460 g/mol. The van der Waals surface area contributed by atoms with Crippen molar-refractivity contribution in [3.8, 4) is 11.8 Å². The number of methoxy groups -OCH3 is 1. The van der Waals surface area contributed by atoms with Crippen molar-refractivity contribution in [3.05, 3.63) is 75.8 Å². The highest BCUT2D eigenvalue weighted by Crippen LogP contribution is 2.32. The number of hydrogen-bond donors (Lipinski definition) is 0. The molecule has 9 heteroatoms. The molecule has 1 aromatic heterocycles. The molecule has 0 amide bonds. The Labute approximate surface area is 188 Å². The van der Waals surface area contributed by atoms with Crippen LogP contribution < -0.4 is 5.56 Å². The average Bonchev–Trinajstić information content (AvgIpc) is 2.79. The van der Waals surface area contributed by atoms with Gasteiger partial charge in [-0.1, -0.05) is 36.1 Å². The van der Waals surface area contributed by atoms with Gasteiger partial charge in [0.2, 0.25) is 0 Å². The van der Waals surface area contributed by atoms with E-state index in [2.05, 4.69) is 16.8 Å². The van der Waals surface area contributed by atoms with E-state index in [1.165, 1.54) is 24.5 Å². The standard InChI is InChI=1S/C24H23F3N2O4/c1-31-12-13-33-15-14-32-11-5-8-18-7-4-10-21-22(18)23(30)29(17-28-21)16-19-6-2-3-9-20(19)24(25,26)27/h2-4,6-7,9-10,17H,11-16H2,1H3. The summed E-state index contributed by atoms with van der Waals surface area (Å²) in [5, 5.41) is 0.250. The number of fused-ring (bicyclic) bond motifs is 1. The Morgan fingerprint density at radius 3 is 2.55 bits per heavy atom. The van der Waals surface area contributed by atoms with Crippen LogP contribution in [0.4, 0.5) is 13.2 Å². The zero-order valence-electron chi connectivity index (χ0n) is 18.0. The normalized spacial score (nSPS) is 11.4. The lowest BCUT2D eigenvalue weighted by atomic mass is 10.1. The molecule has 3 rings (SSSR count). The molecule has 174 valence electrons. The molecule has 0 fully saturated rings. The number of ether oxygens (including phenoxy) is 3. The molecule has 33 heavy (non-hydrogen) atoms. The lowest BCUT2D eigenvalue weighted by Crippen LogP contribution is -2.23. The molecule has 0 bridgehead atoms. The van der Waals surface area contributed by atoms with Crippen molar-refractivity contribution in [1.82, 2.24) is 9.55 Å². The maximum atomic E-state index is 13.3. The van der Waals surface area contributed by atoms with Crippen molar-refractivity contribution in [2.45, 2.75) is 12.7 Å². The Morgan fingerprint density at radius 2 is 1.76 bits per heavy atom. The predicted octanol–water partition coefficient (Wildman–Crippen LogP) is 3.49. The molecule has 0 saturated heterocycles. The first kappa shape index (κ1) is 24.5. The molecule has 0 unspecified atom stereocenters. The van der Waals surface area contributed by atoms with Crippen molar-refractivity contribution in [2.75, 3.05) is 40.1 Å². The molecule has 0 radical (unpaired) electrons. The summed E-state index contributed by atoms with van der Waals surface area (Å²) in [4.78, 5) is 17.3. The summed E-state index contributed by atoms with van der Waals surface area (Å²) in [6, 6.07) is 10.2. The summed E-state index contributed by atoms with van der Waals surface area (Å²) in [5.41, 5.74) is -0.413. The third-order valence-corrected chi connectivity index (χ3v) is 4.72. The second-order valence-corrected chi connectivity index (χ2v) is 6.99. The van der Waals surface area contributed by atoms with E-state index in [9.17, 15) is 18.0 Å². The molecular weight excluding hydrogens is 437 g/mol. The van der Waals surface area contributed by atoms with E-state index >= 15 is 0 Å². The highest BCUT2D eigenvalue weighted by molar-refractivity contribution is 5.84. The lowest BCUT2D eigenvalue weighted by Gasteiger charge is -2.14. The Morgan fingerprint density at radius 1 is 1.00 bits per heavy atom. The maximum Gasteiger partial charge on any atom is 0.416 e. The first-order chi connectivity index (χ1) is 15.9. The quantitative estimate of drug-likeness (QED) is 0.361. The molecule has 0 atom stereocenters. The van der Waals surface area contributed by atoms with E-state index in [1.807, 2.05) is 0 Å². The SMILES string of the molecule is COCCOCCOCC#Cc1cccc2ncn(Cc3ccccc3C(F)(F)F)c(=O)c12. The van der Waals surface area contributed by atoms with Crippen LogP contribution in [-0.2, 0) is 26.9 Å². The zero-order chi connectivity index (χ0) is 23.7. The molecule has 0 saturated carbocycles. The molecule has 3 aromatic rings. The van der Waals surface area contributed by atoms with E-state index in [-0.39, 0.29) is 24.1 Å². The van der Waals surface area contributed by atoms with Gasteiger partial charge in [-0.15, -0.1) is 0 Å². The third kappa shape index (κ3) is 6.65. The number of alkyl halides is 3. The largest absolute Gasteiger partial charge is 0.416 e. The van der Waals surface area contributed by atoms with Crippen molar-refractivity contribution < 1.29 is 27.4 Å². The van der Waals surface area contributed by atoms with Gasteiger partial charge in [0.1, 0.15) is 6.61 Å². The fraction of sp³-hybridized carbons (Fsp3) is 0.333. The van der Waals surface area contributed by atoms with E-state index in [1.54, 1.807) is 25.3 Å². The van der Waals surface area contributed by atoms with Crippen LogP contribution in [0.2, 0.25) is 0 Å². The van der Waals surface area contributed by atoms with Crippen molar-refractivity contribution >= 4 is 10.9 Å². The topological polar surface area (TPSA) is 62.6 Å². The van der Waals surface area contributed by atoms with Crippen molar-refractivity contribution in [2.24, 2.45) is 0 Å². The number of benzene rings is 2. The van der Waals surface area contributed by atoms with Gasteiger partial charge in [0.15, 0.2) is 0 Å². The Hall–Kier alpha value is -3.19. The number of aromatic nitrogens is 2. The zero-order valence-corrected chi connectivity index (χ0v) is 18.0. The lowest BCUT2D eigenvalue weighted by molar-refractivity contribution is -0.138. The van der Waals surface area contributed by atoms with Gasteiger partial charge in [0.05, 0.1) is 55.8 Å². The first-order valence-corrected chi connectivity index (χ1v) is 10.2. The van der Waals surface area contributed by atoms with Crippen LogP contribution in [0.15, 0.2) is 53.6 Å². The van der Waals surface area contributed by atoms with Crippen LogP contribution in [-0.4, -0.2) is 49.7 Å². The second kappa shape index (κ2) is 11.6. The Kier molecular flexibility index (Phi) is 8.60. The molecule has 0 aliphatic rings. The van der Waals surface area contributed by atoms with Crippen molar-refractivity contribution in [1.29, 1.82) is 0 Å². The molecule has 0 aliphatic carbocycles. The Balaban J connectivity index is 1.78. The molecular formula is C24H23F3N2O4. The highest BCUT2D eigenvalue weighted by Gasteiger charge is 2.33. The summed E-state index contributed by atoms with van der Waals surface area (Å²) >= 11 is 0. The minimum atomic E-state index is -4.52. The van der Waals surface area contributed by atoms with Crippen LogP contribution in [0.3, 0.4) is 0 Å². The predicted molar refractivity (Wildman–Crippen MR) is 117 cm³/mol. The first-order valence-electron chi connectivity index (χ1n) is 10.2. The van der Waals surface area contributed by atoms with Crippen LogP contribution in [0.25, 0.3) is 10.9 Å². The molecule has 1 heterocycles. The highest BCUT2D eigenvalue weighted by atomic mass is 19.4. The van der Waals surface area contributed by atoms with Crippen LogP contribution in [0.1, 0.15) is 16.7 Å². The van der Waals surface area contributed by atoms with Gasteiger partial charge in [-0.3, -0.25) is 9.36 Å². The van der Waals surface area contributed by atoms with Gasteiger partial charge in [-0.2, -0.15) is 13.2 Å². The van der Waals surface area contributed by atoms with E-state index < -0.39 is 17.3 Å². The van der Waals surface area contributed by atoms with E-state index in [0.29, 0.717) is 37.5 Å². The summed E-state index contributed by atoms with van der Waals surface area (Å²) < 4.78 is 56.7. The molecule has 0 aliphatic heterocycles. The minimum absolute atomic E-state index is 0.0158. The molecule has 6 nitrogen and oxygen atoms in total. The number of halogens is 3. The molecule has 0 spiro atoms. The Bertz CT molecular complexity index is 1200. The fourth-order valence-corrected chi connectivity index (χ4v) is 3.15. The van der Waals surface area contributed by atoms with Gasteiger partial charge in [-0.25, -0.2) is 4.98 Å². The van der Waals surface area contributed by atoms with Crippen LogP contribution in [0.5, 0.6) is 0 Å². The second-order valence-electron chi connectivity index (χ2n) is 6.99. The number of rotatable bonds is 9. The summed E-state index contributed by atoms with van der Waals surface area (Å²) in [5.74, 6) is 5.74. The van der Waals surface area contributed by atoms with E-state index in [4.69, 9.17) is 14.2 Å².